The van der Waals surface area contributed by atoms with Gasteiger partial charge in [0.1, 0.15) is 0 Å². The topological polar surface area (TPSA) is 29.9 Å². The Morgan fingerprint density at radius 3 is 2.45 bits per heavy atom. The van der Waals surface area contributed by atoms with E-state index < -0.39 is 0 Å². The van der Waals surface area contributed by atoms with Crippen molar-refractivity contribution in [3.8, 4) is 5.69 Å². The highest BCUT2D eigenvalue weighted by Gasteiger charge is 2.32. The molecule has 0 atom stereocenters. The molecule has 2 aliphatic rings. The molecule has 1 heterocycles. The van der Waals surface area contributed by atoms with Crippen molar-refractivity contribution >= 4 is 5.69 Å². The Morgan fingerprint density at radius 1 is 1.10 bits per heavy atom. The number of hydrogen-bond acceptors (Lipinski definition) is 2. The summed E-state index contributed by atoms with van der Waals surface area (Å²) in [5.74, 6) is 1.46. The Balaban J connectivity index is 1.78. The van der Waals surface area contributed by atoms with Crippen molar-refractivity contribution in [3.63, 3.8) is 0 Å². The van der Waals surface area contributed by atoms with Gasteiger partial charge in [0.05, 0.1) is 11.4 Å². The van der Waals surface area contributed by atoms with Crippen LogP contribution in [0.25, 0.3) is 5.69 Å². The number of benzene rings is 1. The summed E-state index contributed by atoms with van der Waals surface area (Å²) < 4.78 is 2.19. The van der Waals surface area contributed by atoms with Crippen LogP contribution in [0.1, 0.15) is 54.5 Å². The van der Waals surface area contributed by atoms with Crippen molar-refractivity contribution in [2.45, 2.75) is 44.4 Å². The SMILES string of the molecule is CNc1ccc(-n2nc(C3CC3)cc2C2CC2)cc1C. The zero-order valence-corrected chi connectivity index (χ0v) is 12.2. The first-order valence-electron chi connectivity index (χ1n) is 7.65. The average Bonchev–Trinajstić information content (AvgIpc) is 3.37. The Morgan fingerprint density at radius 2 is 1.85 bits per heavy atom. The van der Waals surface area contributed by atoms with E-state index in [4.69, 9.17) is 5.10 Å². The fourth-order valence-corrected chi connectivity index (χ4v) is 2.93. The maximum absolute atomic E-state index is 4.90. The minimum Gasteiger partial charge on any atom is -0.388 e. The number of aryl methyl sites for hydroxylation is 1. The van der Waals surface area contributed by atoms with Gasteiger partial charge in [-0.05, 0) is 62.4 Å². The van der Waals surface area contributed by atoms with Crippen LogP contribution < -0.4 is 5.32 Å². The van der Waals surface area contributed by atoms with Crippen molar-refractivity contribution in [2.24, 2.45) is 0 Å². The zero-order chi connectivity index (χ0) is 13.7. The second-order valence-electron chi connectivity index (χ2n) is 6.20. The predicted octanol–water partition coefficient (Wildman–Crippen LogP) is 3.98. The standard InChI is InChI=1S/C17H21N3/c1-11-9-14(7-8-15(11)18-2)20-17(13-5-6-13)10-16(19-20)12-3-4-12/h7-10,12-13,18H,3-6H2,1-2H3. The number of aromatic nitrogens is 2. The normalized spacial score (nSPS) is 18.3. The van der Waals surface area contributed by atoms with E-state index in [2.05, 4.69) is 41.2 Å². The quantitative estimate of drug-likeness (QED) is 0.908. The molecule has 4 rings (SSSR count). The fraction of sp³-hybridized carbons (Fsp3) is 0.471. The van der Waals surface area contributed by atoms with Gasteiger partial charge in [0.2, 0.25) is 0 Å². The van der Waals surface area contributed by atoms with Crippen LogP contribution in [0.4, 0.5) is 5.69 Å². The number of anilines is 1. The Hall–Kier alpha value is -1.77. The second kappa shape index (κ2) is 4.37. The molecular formula is C17H21N3. The van der Waals surface area contributed by atoms with Gasteiger partial charge in [0, 0.05) is 30.3 Å². The lowest BCUT2D eigenvalue weighted by atomic mass is 10.1. The molecule has 1 aromatic heterocycles. The van der Waals surface area contributed by atoms with Gasteiger partial charge in [-0.3, -0.25) is 0 Å². The number of nitrogens with one attached hydrogen (secondary N) is 1. The molecule has 2 fully saturated rings. The summed E-state index contributed by atoms with van der Waals surface area (Å²) in [6.07, 6.45) is 5.28. The highest BCUT2D eigenvalue weighted by atomic mass is 15.3. The van der Waals surface area contributed by atoms with Crippen molar-refractivity contribution in [2.75, 3.05) is 12.4 Å². The Labute approximate surface area is 120 Å². The smallest absolute Gasteiger partial charge is 0.0662 e. The maximum atomic E-state index is 4.90. The molecule has 20 heavy (non-hydrogen) atoms. The molecule has 0 spiro atoms. The van der Waals surface area contributed by atoms with Crippen LogP contribution in [0.2, 0.25) is 0 Å². The molecule has 1 aromatic carbocycles. The number of nitrogens with zero attached hydrogens (tertiary/aromatic N) is 2. The molecular weight excluding hydrogens is 246 g/mol. The van der Waals surface area contributed by atoms with Crippen LogP contribution >= 0.6 is 0 Å². The highest BCUT2D eigenvalue weighted by molar-refractivity contribution is 5.55. The lowest BCUT2D eigenvalue weighted by Gasteiger charge is -2.10. The first-order chi connectivity index (χ1) is 9.76. The van der Waals surface area contributed by atoms with Crippen LogP contribution in [-0.2, 0) is 0 Å². The third-order valence-corrected chi connectivity index (χ3v) is 4.47. The predicted molar refractivity (Wildman–Crippen MR) is 81.8 cm³/mol. The van der Waals surface area contributed by atoms with Gasteiger partial charge in [-0.2, -0.15) is 5.10 Å². The van der Waals surface area contributed by atoms with Gasteiger partial charge in [0.15, 0.2) is 0 Å². The van der Waals surface area contributed by atoms with Gasteiger partial charge in [-0.1, -0.05) is 0 Å². The van der Waals surface area contributed by atoms with Gasteiger partial charge < -0.3 is 5.32 Å². The molecule has 2 saturated carbocycles. The van der Waals surface area contributed by atoms with Gasteiger partial charge in [-0.25, -0.2) is 4.68 Å². The summed E-state index contributed by atoms with van der Waals surface area (Å²) in [5.41, 5.74) is 6.40. The van der Waals surface area contributed by atoms with Crippen molar-refractivity contribution < 1.29 is 0 Å². The summed E-state index contributed by atoms with van der Waals surface area (Å²) in [7, 11) is 1.97. The third kappa shape index (κ3) is 2.01. The molecule has 3 nitrogen and oxygen atoms in total. The van der Waals surface area contributed by atoms with E-state index in [9.17, 15) is 0 Å². The van der Waals surface area contributed by atoms with Crippen LogP contribution in [0, 0.1) is 6.92 Å². The largest absolute Gasteiger partial charge is 0.388 e. The van der Waals surface area contributed by atoms with Crippen molar-refractivity contribution in [1.29, 1.82) is 0 Å². The molecule has 2 aliphatic carbocycles. The van der Waals surface area contributed by atoms with E-state index in [1.54, 1.807) is 0 Å². The summed E-state index contributed by atoms with van der Waals surface area (Å²) >= 11 is 0. The summed E-state index contributed by atoms with van der Waals surface area (Å²) in [6, 6.07) is 8.92. The lowest BCUT2D eigenvalue weighted by molar-refractivity contribution is 0.787. The van der Waals surface area contributed by atoms with Crippen molar-refractivity contribution in [3.05, 3.63) is 41.2 Å². The van der Waals surface area contributed by atoms with E-state index in [-0.39, 0.29) is 0 Å². The molecule has 0 radical (unpaired) electrons. The summed E-state index contributed by atoms with van der Waals surface area (Å²) in [5, 5.41) is 8.12. The van der Waals surface area contributed by atoms with Crippen LogP contribution in [0.5, 0.6) is 0 Å². The Bertz CT molecular complexity index is 648. The van der Waals surface area contributed by atoms with E-state index in [1.807, 2.05) is 7.05 Å². The lowest BCUT2D eigenvalue weighted by Crippen LogP contribution is -2.03. The molecule has 0 aliphatic heterocycles. The first kappa shape index (κ1) is 12.0. The van der Waals surface area contributed by atoms with Gasteiger partial charge >= 0.3 is 0 Å². The highest BCUT2D eigenvalue weighted by Crippen LogP contribution is 2.45. The summed E-state index contributed by atoms with van der Waals surface area (Å²) in [4.78, 5) is 0. The molecule has 3 heteroatoms. The van der Waals surface area contributed by atoms with Crippen LogP contribution in [0.15, 0.2) is 24.3 Å². The molecule has 1 N–H and O–H groups in total. The van der Waals surface area contributed by atoms with E-state index in [0.29, 0.717) is 0 Å². The minimum absolute atomic E-state index is 0.728. The van der Waals surface area contributed by atoms with E-state index in [0.717, 1.165) is 11.8 Å². The van der Waals surface area contributed by atoms with E-state index >= 15 is 0 Å². The summed E-state index contributed by atoms with van der Waals surface area (Å²) in [6.45, 7) is 2.15. The van der Waals surface area contributed by atoms with Gasteiger partial charge in [0.25, 0.3) is 0 Å². The zero-order valence-electron chi connectivity index (χ0n) is 12.2. The first-order valence-corrected chi connectivity index (χ1v) is 7.65. The molecule has 104 valence electrons. The third-order valence-electron chi connectivity index (χ3n) is 4.47. The number of rotatable bonds is 4. The molecule has 2 aromatic rings. The minimum atomic E-state index is 0.728. The Kier molecular flexibility index (Phi) is 2.62. The van der Waals surface area contributed by atoms with E-state index in [1.165, 1.54) is 54.0 Å². The monoisotopic (exact) mass is 267 g/mol. The molecule has 0 bridgehead atoms. The second-order valence-corrected chi connectivity index (χ2v) is 6.20. The average molecular weight is 267 g/mol. The molecule has 0 saturated heterocycles. The fourth-order valence-electron chi connectivity index (χ4n) is 2.93. The van der Waals surface area contributed by atoms with Crippen LogP contribution in [-0.4, -0.2) is 16.8 Å². The van der Waals surface area contributed by atoms with Crippen LogP contribution in [0.3, 0.4) is 0 Å². The maximum Gasteiger partial charge on any atom is 0.0662 e. The molecule has 0 unspecified atom stereocenters. The molecule has 0 amide bonds. The van der Waals surface area contributed by atoms with Crippen molar-refractivity contribution in [1.82, 2.24) is 9.78 Å². The van der Waals surface area contributed by atoms with Gasteiger partial charge in [-0.15, -0.1) is 0 Å². The number of hydrogen-bond donors (Lipinski definition) is 1.